The van der Waals surface area contributed by atoms with E-state index in [4.69, 9.17) is 4.52 Å². The lowest BCUT2D eigenvalue weighted by Crippen LogP contribution is -3.11. The van der Waals surface area contributed by atoms with Crippen LogP contribution < -0.4 is 10.2 Å². The van der Waals surface area contributed by atoms with Gasteiger partial charge in [-0.25, -0.2) is 0 Å². The maximum absolute atomic E-state index is 12.4. The summed E-state index contributed by atoms with van der Waals surface area (Å²) in [6.07, 6.45) is 4.23. The molecule has 0 bridgehead atoms. The molecule has 2 aromatic carbocycles. The first-order valence-corrected chi connectivity index (χ1v) is 9.80. The molecular weight excluding hydrogens is 338 g/mol. The van der Waals surface area contributed by atoms with Crippen molar-refractivity contribution in [2.75, 3.05) is 13.1 Å². The van der Waals surface area contributed by atoms with Crippen molar-refractivity contribution in [1.82, 2.24) is 10.5 Å². The van der Waals surface area contributed by atoms with Gasteiger partial charge in [0, 0.05) is 17.5 Å². The predicted octanol–water partition coefficient (Wildman–Crippen LogP) is 2.26. The highest BCUT2D eigenvalue weighted by Crippen LogP contribution is 2.18. The van der Waals surface area contributed by atoms with E-state index >= 15 is 0 Å². The number of benzene rings is 2. The number of rotatable bonds is 6. The van der Waals surface area contributed by atoms with E-state index in [1.54, 1.807) is 4.90 Å². The van der Waals surface area contributed by atoms with Gasteiger partial charge in [0.2, 0.25) is 5.91 Å². The molecule has 2 heterocycles. The zero-order valence-corrected chi connectivity index (χ0v) is 15.5. The van der Waals surface area contributed by atoms with Crippen molar-refractivity contribution >= 4 is 16.9 Å². The molecule has 5 heteroatoms. The van der Waals surface area contributed by atoms with Crippen LogP contribution in [0.15, 0.2) is 53.1 Å². The number of carbonyl (C=O) groups excluding carboxylic acids is 1. The average Bonchev–Trinajstić information content (AvgIpc) is 3.11. The van der Waals surface area contributed by atoms with Crippen molar-refractivity contribution in [1.29, 1.82) is 0 Å². The van der Waals surface area contributed by atoms with Gasteiger partial charge in [0.05, 0.1) is 19.5 Å². The molecule has 0 atom stereocenters. The molecule has 4 rings (SSSR count). The second-order valence-corrected chi connectivity index (χ2v) is 7.34. The van der Waals surface area contributed by atoms with Crippen LogP contribution in [0.25, 0.3) is 11.0 Å². The molecular formula is C22H26N3O2+. The van der Waals surface area contributed by atoms with Crippen molar-refractivity contribution in [3.05, 3.63) is 65.4 Å². The van der Waals surface area contributed by atoms with E-state index in [-0.39, 0.29) is 12.3 Å². The van der Waals surface area contributed by atoms with Crippen LogP contribution in [-0.2, 0) is 24.3 Å². The van der Waals surface area contributed by atoms with Crippen LogP contribution in [0.3, 0.4) is 0 Å². The largest absolute Gasteiger partial charge is 0.356 e. The fourth-order valence-electron chi connectivity index (χ4n) is 3.87. The maximum atomic E-state index is 12.4. The van der Waals surface area contributed by atoms with Gasteiger partial charge in [-0.3, -0.25) is 4.79 Å². The van der Waals surface area contributed by atoms with Gasteiger partial charge in [0.25, 0.3) is 0 Å². The lowest BCUT2D eigenvalue weighted by Gasteiger charge is -2.24. The first kappa shape index (κ1) is 17.7. The third-order valence-corrected chi connectivity index (χ3v) is 5.38. The molecule has 1 saturated heterocycles. The number of hydrogen-bond donors (Lipinski definition) is 2. The second-order valence-electron chi connectivity index (χ2n) is 7.34. The topological polar surface area (TPSA) is 59.6 Å². The lowest BCUT2D eigenvalue weighted by molar-refractivity contribution is -0.918. The van der Waals surface area contributed by atoms with Crippen LogP contribution in [-0.4, -0.2) is 24.2 Å². The van der Waals surface area contributed by atoms with E-state index in [0.717, 1.165) is 17.5 Å². The summed E-state index contributed by atoms with van der Waals surface area (Å²) in [5, 5.41) is 8.00. The minimum absolute atomic E-state index is 0.0332. The number of para-hydroxylation sites is 1. The fourth-order valence-corrected chi connectivity index (χ4v) is 3.87. The van der Waals surface area contributed by atoms with Crippen LogP contribution in [0.5, 0.6) is 0 Å². The summed E-state index contributed by atoms with van der Waals surface area (Å²) in [7, 11) is 0. The summed E-state index contributed by atoms with van der Waals surface area (Å²) in [5.41, 5.74) is 3.94. The molecule has 0 aliphatic carbocycles. The first-order valence-electron chi connectivity index (χ1n) is 9.80. The smallest absolute Gasteiger partial charge is 0.226 e. The Labute approximate surface area is 159 Å². The summed E-state index contributed by atoms with van der Waals surface area (Å²) >= 11 is 0. The Balaban J connectivity index is 1.37. The fraction of sp³-hybridized carbons (Fsp3) is 0.364. The number of nitrogens with one attached hydrogen (secondary N) is 2. The normalized spacial score (nSPS) is 15.1. The van der Waals surface area contributed by atoms with Crippen LogP contribution >= 0.6 is 0 Å². The number of fused-ring (bicyclic) bond motifs is 1. The number of likely N-dealkylation sites (tertiary alicyclic amines) is 1. The minimum Gasteiger partial charge on any atom is -0.356 e. The Morgan fingerprint density at radius 2 is 1.74 bits per heavy atom. The molecule has 1 aliphatic rings. The van der Waals surface area contributed by atoms with Crippen LogP contribution in [0.4, 0.5) is 0 Å². The number of piperidine rings is 1. The lowest BCUT2D eigenvalue weighted by atomic mass is 10.0. The van der Waals surface area contributed by atoms with Crippen molar-refractivity contribution < 1.29 is 14.2 Å². The monoisotopic (exact) mass is 364 g/mol. The number of amides is 1. The SMILES string of the molecule is O=C(Cc1noc2ccccc12)NCc1ccccc1C[NH+]1CCCCC1. The number of hydrogen-bond acceptors (Lipinski definition) is 3. The van der Waals surface area contributed by atoms with Gasteiger partial charge in [-0.2, -0.15) is 0 Å². The molecule has 27 heavy (non-hydrogen) atoms. The third kappa shape index (κ3) is 4.37. The molecule has 1 aromatic heterocycles. The van der Waals surface area contributed by atoms with E-state index in [1.807, 2.05) is 30.3 Å². The number of carbonyl (C=O) groups is 1. The van der Waals surface area contributed by atoms with Crippen LogP contribution in [0, 0.1) is 0 Å². The van der Waals surface area contributed by atoms with E-state index in [0.29, 0.717) is 12.2 Å². The third-order valence-electron chi connectivity index (χ3n) is 5.38. The molecule has 3 aromatic rings. The van der Waals surface area contributed by atoms with Gasteiger partial charge < -0.3 is 14.7 Å². The molecule has 2 N–H and O–H groups in total. The summed E-state index contributed by atoms with van der Waals surface area (Å²) in [5.74, 6) is -0.0332. The van der Waals surface area contributed by atoms with Crippen molar-refractivity contribution in [2.24, 2.45) is 0 Å². The Hall–Kier alpha value is -2.66. The van der Waals surface area contributed by atoms with Crippen LogP contribution in [0.2, 0.25) is 0 Å². The number of quaternary nitrogens is 1. The van der Waals surface area contributed by atoms with Gasteiger partial charge >= 0.3 is 0 Å². The molecule has 5 nitrogen and oxygen atoms in total. The predicted molar refractivity (Wildman–Crippen MR) is 104 cm³/mol. The molecule has 1 aliphatic heterocycles. The van der Waals surface area contributed by atoms with Gasteiger partial charge in [0.15, 0.2) is 5.58 Å². The Bertz CT molecular complexity index is 913. The van der Waals surface area contributed by atoms with Crippen molar-refractivity contribution in [2.45, 2.75) is 38.8 Å². The van der Waals surface area contributed by atoms with Crippen molar-refractivity contribution in [3.8, 4) is 0 Å². The van der Waals surface area contributed by atoms with Gasteiger partial charge in [-0.1, -0.05) is 41.6 Å². The van der Waals surface area contributed by atoms with E-state index in [2.05, 4.69) is 28.7 Å². The standard InChI is InChI=1S/C22H25N3O2/c26-22(14-20-19-10-4-5-11-21(19)27-24-20)23-15-17-8-2-3-9-18(17)16-25-12-6-1-7-13-25/h2-5,8-11H,1,6-7,12-16H2,(H,23,26)/p+1. The molecule has 0 unspecified atom stereocenters. The molecule has 1 fully saturated rings. The van der Waals surface area contributed by atoms with Crippen molar-refractivity contribution in [3.63, 3.8) is 0 Å². The Morgan fingerprint density at radius 1 is 1.00 bits per heavy atom. The molecule has 0 saturated carbocycles. The summed E-state index contributed by atoms with van der Waals surface area (Å²) in [6, 6.07) is 16.1. The van der Waals surface area contributed by atoms with Gasteiger partial charge in [-0.05, 0) is 37.0 Å². The summed E-state index contributed by atoms with van der Waals surface area (Å²) in [4.78, 5) is 14.1. The number of nitrogens with zero attached hydrogens (tertiary/aromatic N) is 1. The summed E-state index contributed by atoms with van der Waals surface area (Å²) < 4.78 is 5.28. The van der Waals surface area contributed by atoms with Gasteiger partial charge in [-0.15, -0.1) is 0 Å². The second kappa shape index (κ2) is 8.35. The van der Waals surface area contributed by atoms with E-state index in [9.17, 15) is 4.79 Å². The van der Waals surface area contributed by atoms with Gasteiger partial charge in [0.1, 0.15) is 12.2 Å². The maximum Gasteiger partial charge on any atom is 0.226 e. The molecule has 0 spiro atoms. The Morgan fingerprint density at radius 3 is 2.59 bits per heavy atom. The highest BCUT2D eigenvalue weighted by Gasteiger charge is 2.16. The molecule has 140 valence electrons. The van der Waals surface area contributed by atoms with E-state index < -0.39 is 0 Å². The summed E-state index contributed by atoms with van der Waals surface area (Å²) in [6.45, 7) is 4.10. The zero-order chi connectivity index (χ0) is 18.5. The number of aromatic nitrogens is 1. The zero-order valence-electron chi connectivity index (χ0n) is 15.5. The highest BCUT2D eigenvalue weighted by molar-refractivity contribution is 5.86. The Kier molecular flexibility index (Phi) is 5.49. The average molecular weight is 364 g/mol. The first-order chi connectivity index (χ1) is 13.3. The van der Waals surface area contributed by atoms with Crippen LogP contribution in [0.1, 0.15) is 36.1 Å². The van der Waals surface area contributed by atoms with E-state index in [1.165, 1.54) is 43.5 Å². The molecule has 1 amide bonds. The quantitative estimate of drug-likeness (QED) is 0.705. The highest BCUT2D eigenvalue weighted by atomic mass is 16.5. The molecule has 0 radical (unpaired) electrons. The minimum atomic E-state index is -0.0332.